The fourth-order valence-electron chi connectivity index (χ4n) is 2.71. The van der Waals surface area contributed by atoms with E-state index >= 15 is 0 Å². The summed E-state index contributed by atoms with van der Waals surface area (Å²) in [4.78, 5) is 19.2. The molecule has 2 aromatic rings. The Balaban J connectivity index is 1.86. The number of ether oxygens (including phenoxy) is 1. The van der Waals surface area contributed by atoms with Crippen molar-refractivity contribution in [3.8, 4) is 0 Å². The summed E-state index contributed by atoms with van der Waals surface area (Å²) < 4.78 is 7.64. The highest BCUT2D eigenvalue weighted by molar-refractivity contribution is 7.09. The van der Waals surface area contributed by atoms with E-state index in [-0.39, 0.29) is 11.9 Å². The maximum absolute atomic E-state index is 12.9. The van der Waals surface area contributed by atoms with Gasteiger partial charge in [-0.1, -0.05) is 13.8 Å². The van der Waals surface area contributed by atoms with Crippen LogP contribution in [0.3, 0.4) is 0 Å². The van der Waals surface area contributed by atoms with Crippen molar-refractivity contribution in [1.29, 1.82) is 0 Å². The van der Waals surface area contributed by atoms with Crippen LogP contribution in [0, 0.1) is 0 Å². The van der Waals surface area contributed by atoms with E-state index < -0.39 is 0 Å². The van der Waals surface area contributed by atoms with Crippen LogP contribution in [0.1, 0.15) is 47.0 Å². The summed E-state index contributed by atoms with van der Waals surface area (Å²) in [5.74, 6) is 0.345. The second kappa shape index (κ2) is 6.22. The minimum atomic E-state index is -0.0505. The largest absolute Gasteiger partial charge is 0.377 e. The third kappa shape index (κ3) is 2.80. The molecule has 1 atom stereocenters. The molecule has 0 bridgehead atoms. The monoisotopic (exact) mass is 319 g/mol. The predicted molar refractivity (Wildman–Crippen MR) is 86.2 cm³/mol. The topological polar surface area (TPSA) is 47.4 Å². The Labute approximate surface area is 134 Å². The summed E-state index contributed by atoms with van der Waals surface area (Å²) in [5.41, 5.74) is 1.64. The predicted octanol–water partition coefficient (Wildman–Crippen LogP) is 2.82. The average Bonchev–Trinajstić information content (AvgIpc) is 3.15. The smallest absolute Gasteiger partial charge is 0.274 e. The number of thiazole rings is 1. The number of hydrogen-bond acceptors (Lipinski definition) is 4. The molecule has 0 spiro atoms. The number of carbonyl (C=O) groups is 1. The molecule has 22 heavy (non-hydrogen) atoms. The van der Waals surface area contributed by atoms with Crippen LogP contribution in [0.15, 0.2) is 23.7 Å². The quantitative estimate of drug-likeness (QED) is 0.874. The van der Waals surface area contributed by atoms with E-state index in [1.54, 1.807) is 11.3 Å². The van der Waals surface area contributed by atoms with Crippen LogP contribution in [0.2, 0.25) is 0 Å². The highest BCUT2D eigenvalue weighted by Crippen LogP contribution is 2.27. The van der Waals surface area contributed by atoms with Crippen molar-refractivity contribution >= 4 is 17.2 Å². The van der Waals surface area contributed by atoms with Gasteiger partial charge in [0.15, 0.2) is 0 Å². The lowest BCUT2D eigenvalue weighted by atomic mass is 10.1. The van der Waals surface area contributed by atoms with Crippen LogP contribution in [-0.4, -0.2) is 40.1 Å². The van der Waals surface area contributed by atoms with E-state index in [4.69, 9.17) is 4.74 Å². The van der Waals surface area contributed by atoms with Gasteiger partial charge >= 0.3 is 0 Å². The molecule has 1 aliphatic heterocycles. The van der Waals surface area contributed by atoms with Gasteiger partial charge in [-0.2, -0.15) is 0 Å². The zero-order valence-corrected chi connectivity index (χ0v) is 14.0. The van der Waals surface area contributed by atoms with Crippen molar-refractivity contribution < 1.29 is 9.53 Å². The summed E-state index contributed by atoms with van der Waals surface area (Å²) in [6.07, 6.45) is 1.99. The fourth-order valence-corrected chi connectivity index (χ4v) is 3.52. The van der Waals surface area contributed by atoms with Gasteiger partial charge < -0.3 is 14.2 Å². The normalized spacial score (nSPS) is 18.9. The van der Waals surface area contributed by atoms with Crippen molar-refractivity contribution in [1.82, 2.24) is 14.5 Å². The Morgan fingerprint density at radius 3 is 2.95 bits per heavy atom. The van der Waals surface area contributed by atoms with Crippen molar-refractivity contribution in [2.75, 3.05) is 19.8 Å². The van der Waals surface area contributed by atoms with Crippen LogP contribution in [0.4, 0.5) is 0 Å². The number of aromatic nitrogens is 2. The molecular weight excluding hydrogens is 298 g/mol. The zero-order valence-electron chi connectivity index (χ0n) is 13.2. The second-order valence-electron chi connectivity index (χ2n) is 5.86. The van der Waals surface area contributed by atoms with Gasteiger partial charge in [0.25, 0.3) is 5.91 Å². The molecule has 1 amide bonds. The molecule has 0 saturated carbocycles. The number of aryl methyl sites for hydroxylation is 1. The van der Waals surface area contributed by atoms with Gasteiger partial charge in [-0.05, 0) is 12.1 Å². The Bertz CT molecular complexity index is 662. The first-order valence-corrected chi connectivity index (χ1v) is 8.41. The van der Waals surface area contributed by atoms with Gasteiger partial charge in [0.2, 0.25) is 0 Å². The van der Waals surface area contributed by atoms with E-state index in [0.29, 0.717) is 31.4 Å². The molecule has 3 heterocycles. The Morgan fingerprint density at radius 1 is 1.50 bits per heavy atom. The van der Waals surface area contributed by atoms with Crippen molar-refractivity contribution in [2.24, 2.45) is 7.05 Å². The van der Waals surface area contributed by atoms with Gasteiger partial charge in [-0.15, -0.1) is 11.3 Å². The van der Waals surface area contributed by atoms with Gasteiger partial charge in [-0.3, -0.25) is 4.79 Å². The number of hydrogen-bond donors (Lipinski definition) is 0. The molecule has 0 aromatic carbocycles. The van der Waals surface area contributed by atoms with Gasteiger partial charge in [0.1, 0.15) is 5.69 Å². The molecule has 5 nitrogen and oxygen atoms in total. The molecule has 1 unspecified atom stereocenters. The number of rotatable bonds is 3. The van der Waals surface area contributed by atoms with E-state index in [0.717, 1.165) is 10.7 Å². The Kier molecular flexibility index (Phi) is 4.31. The van der Waals surface area contributed by atoms with Crippen molar-refractivity contribution in [3.63, 3.8) is 0 Å². The van der Waals surface area contributed by atoms with Crippen LogP contribution >= 0.6 is 11.3 Å². The second-order valence-corrected chi connectivity index (χ2v) is 6.75. The van der Waals surface area contributed by atoms with Crippen molar-refractivity contribution in [3.05, 3.63) is 40.1 Å². The molecule has 0 N–H and O–H groups in total. The summed E-state index contributed by atoms with van der Waals surface area (Å²) in [6, 6.07) is 3.98. The number of carbonyl (C=O) groups excluding carboxylic acids is 1. The molecule has 1 aliphatic rings. The lowest BCUT2D eigenvalue weighted by molar-refractivity contribution is -0.00490. The highest BCUT2D eigenvalue weighted by atomic mass is 32.1. The fraction of sp³-hybridized carbons (Fsp3) is 0.500. The molecule has 3 rings (SSSR count). The van der Waals surface area contributed by atoms with E-state index in [1.165, 1.54) is 0 Å². The van der Waals surface area contributed by atoms with E-state index in [2.05, 4.69) is 18.8 Å². The Morgan fingerprint density at radius 2 is 2.32 bits per heavy atom. The van der Waals surface area contributed by atoms with Gasteiger partial charge in [0.05, 0.1) is 24.3 Å². The summed E-state index contributed by atoms with van der Waals surface area (Å²) >= 11 is 1.56. The lowest BCUT2D eigenvalue weighted by Crippen LogP contribution is -2.44. The first-order valence-electron chi connectivity index (χ1n) is 7.53. The van der Waals surface area contributed by atoms with Crippen LogP contribution in [0.25, 0.3) is 0 Å². The maximum atomic E-state index is 12.9. The molecule has 0 radical (unpaired) electrons. The van der Waals surface area contributed by atoms with E-state index in [9.17, 15) is 4.79 Å². The van der Waals surface area contributed by atoms with Crippen molar-refractivity contribution in [2.45, 2.75) is 25.8 Å². The minimum absolute atomic E-state index is 0.00218. The third-order valence-electron chi connectivity index (χ3n) is 3.95. The first kappa shape index (κ1) is 15.2. The third-order valence-corrected chi connectivity index (χ3v) is 5.09. The summed E-state index contributed by atoms with van der Waals surface area (Å²) in [6.45, 7) is 5.89. The maximum Gasteiger partial charge on any atom is 0.274 e. The van der Waals surface area contributed by atoms with E-state index in [1.807, 2.05) is 40.2 Å². The molecular formula is C16H21N3O2S. The Hall–Kier alpha value is -1.66. The lowest BCUT2D eigenvalue weighted by Gasteiger charge is -2.35. The van der Waals surface area contributed by atoms with Gasteiger partial charge in [-0.25, -0.2) is 4.98 Å². The molecule has 1 saturated heterocycles. The molecule has 6 heteroatoms. The average molecular weight is 319 g/mol. The number of morpholine rings is 1. The number of nitrogens with zero attached hydrogens (tertiary/aromatic N) is 3. The SMILES string of the molecule is CC(C)c1nc(C(=O)N2CCOCC2c2cccn2C)cs1. The van der Waals surface area contributed by atoms with Crippen LogP contribution in [0.5, 0.6) is 0 Å². The number of amides is 1. The first-order chi connectivity index (χ1) is 10.6. The minimum Gasteiger partial charge on any atom is -0.377 e. The molecule has 0 aliphatic carbocycles. The highest BCUT2D eigenvalue weighted by Gasteiger charge is 2.31. The van der Waals surface area contributed by atoms with Crippen LogP contribution < -0.4 is 0 Å². The summed E-state index contributed by atoms with van der Waals surface area (Å²) in [7, 11) is 1.99. The van der Waals surface area contributed by atoms with Crippen LogP contribution in [-0.2, 0) is 11.8 Å². The molecule has 1 fully saturated rings. The standard InChI is InChI=1S/C16H21N3O2S/c1-11(2)15-17-12(10-22-15)16(20)19-7-8-21-9-14(19)13-5-4-6-18(13)3/h4-6,10-11,14H,7-9H2,1-3H3. The van der Waals surface area contributed by atoms with Gasteiger partial charge in [0, 0.05) is 36.8 Å². The summed E-state index contributed by atoms with van der Waals surface area (Å²) in [5, 5.41) is 2.88. The zero-order chi connectivity index (χ0) is 15.7. The molecule has 2 aromatic heterocycles. The molecule has 118 valence electrons.